The Morgan fingerprint density at radius 1 is 1.25 bits per heavy atom. The lowest BCUT2D eigenvalue weighted by atomic mass is 9.74. The van der Waals surface area contributed by atoms with Gasteiger partial charge in [-0.2, -0.15) is 0 Å². The minimum Gasteiger partial charge on any atom is -0.384 e. The van der Waals surface area contributed by atoms with Crippen molar-refractivity contribution >= 4 is 5.69 Å². The number of rotatable bonds is 3. The van der Waals surface area contributed by atoms with Crippen LogP contribution in [0, 0.1) is 17.7 Å². The van der Waals surface area contributed by atoms with Gasteiger partial charge in [0.2, 0.25) is 0 Å². The minimum atomic E-state index is -0.0983. The summed E-state index contributed by atoms with van der Waals surface area (Å²) in [4.78, 5) is 2.65. The zero-order valence-corrected chi connectivity index (χ0v) is 14.8. The molecule has 0 radical (unpaired) electrons. The first-order chi connectivity index (χ1) is 11.7. The molecule has 1 atom stereocenters. The molecule has 2 fully saturated rings. The van der Waals surface area contributed by atoms with Crippen molar-refractivity contribution in [2.45, 2.75) is 38.0 Å². The van der Waals surface area contributed by atoms with Gasteiger partial charge in [0.05, 0.1) is 0 Å². The second-order valence-electron chi connectivity index (χ2n) is 8.19. The highest BCUT2D eigenvalue weighted by Crippen LogP contribution is 2.44. The summed E-state index contributed by atoms with van der Waals surface area (Å²) < 4.78 is 13.7. The lowest BCUT2D eigenvalue weighted by molar-refractivity contribution is 0.126. The molecule has 1 unspecified atom stereocenters. The van der Waals surface area contributed by atoms with Crippen molar-refractivity contribution in [1.82, 2.24) is 10.2 Å². The number of hydrogen-bond acceptors (Lipinski definition) is 3. The van der Waals surface area contributed by atoms with Crippen LogP contribution >= 0.6 is 0 Å². The highest BCUT2D eigenvalue weighted by molar-refractivity contribution is 5.60. The molecule has 132 valence electrons. The normalized spacial score (nSPS) is 25.4. The van der Waals surface area contributed by atoms with E-state index < -0.39 is 0 Å². The average Bonchev–Trinajstić information content (AvgIpc) is 2.96. The molecular weight excluding hydrogens is 301 g/mol. The van der Waals surface area contributed by atoms with Gasteiger partial charge in [0.15, 0.2) is 0 Å². The van der Waals surface area contributed by atoms with Crippen LogP contribution in [0.1, 0.15) is 38.2 Å². The van der Waals surface area contributed by atoms with Crippen LogP contribution in [0.15, 0.2) is 18.2 Å². The first kappa shape index (κ1) is 16.3. The van der Waals surface area contributed by atoms with Crippen molar-refractivity contribution in [1.29, 1.82) is 0 Å². The van der Waals surface area contributed by atoms with E-state index in [0.29, 0.717) is 0 Å². The number of anilines is 1. The molecule has 3 aliphatic heterocycles. The van der Waals surface area contributed by atoms with Crippen LogP contribution in [-0.2, 0) is 5.41 Å². The van der Waals surface area contributed by atoms with Crippen LogP contribution in [0.25, 0.3) is 0 Å². The van der Waals surface area contributed by atoms with Gasteiger partial charge in [0.25, 0.3) is 0 Å². The van der Waals surface area contributed by atoms with E-state index in [-0.39, 0.29) is 11.2 Å². The highest BCUT2D eigenvalue weighted by Gasteiger charge is 2.41. The van der Waals surface area contributed by atoms with E-state index in [9.17, 15) is 4.39 Å². The van der Waals surface area contributed by atoms with E-state index in [1.165, 1.54) is 38.0 Å². The van der Waals surface area contributed by atoms with Gasteiger partial charge in [-0.15, -0.1) is 0 Å². The second-order valence-corrected chi connectivity index (χ2v) is 8.19. The van der Waals surface area contributed by atoms with Crippen molar-refractivity contribution < 1.29 is 4.39 Å². The lowest BCUT2D eigenvalue weighted by Gasteiger charge is -2.41. The molecule has 4 heteroatoms. The number of nitrogens with one attached hydrogen (secondary N) is 2. The third-order valence-corrected chi connectivity index (χ3v) is 6.72. The highest BCUT2D eigenvalue weighted by atomic mass is 19.1. The maximum atomic E-state index is 13.7. The Labute approximate surface area is 145 Å². The van der Waals surface area contributed by atoms with Gasteiger partial charge in [-0.3, -0.25) is 0 Å². The molecule has 4 rings (SSSR count). The van der Waals surface area contributed by atoms with Crippen molar-refractivity contribution in [3.63, 3.8) is 0 Å². The van der Waals surface area contributed by atoms with Crippen molar-refractivity contribution in [2.75, 3.05) is 44.6 Å². The Morgan fingerprint density at radius 2 is 2.00 bits per heavy atom. The summed E-state index contributed by atoms with van der Waals surface area (Å²) in [6.07, 6.45) is 4.95. The Morgan fingerprint density at radius 3 is 2.75 bits per heavy atom. The SMILES string of the molecule is CC(CN1CCC2(CC1)CNc1ccc(F)cc12)C1CCNCC1. The smallest absolute Gasteiger partial charge is 0.123 e. The van der Waals surface area contributed by atoms with Gasteiger partial charge in [-0.25, -0.2) is 4.39 Å². The number of halogens is 1. The molecule has 0 aliphatic carbocycles. The topological polar surface area (TPSA) is 27.3 Å². The second kappa shape index (κ2) is 6.64. The summed E-state index contributed by atoms with van der Waals surface area (Å²) >= 11 is 0. The number of hydrogen-bond donors (Lipinski definition) is 2. The number of likely N-dealkylation sites (tertiary alicyclic amines) is 1. The standard InChI is InChI=1S/C20H30FN3/c1-15(16-4-8-22-9-5-16)13-24-10-6-20(7-11-24)14-23-19-3-2-17(21)12-18(19)20/h2-3,12,15-16,22-23H,4-11,13-14H2,1H3. The summed E-state index contributed by atoms with van der Waals surface area (Å²) in [5, 5.41) is 6.97. The molecule has 3 aliphatic rings. The number of piperidine rings is 2. The molecule has 0 bridgehead atoms. The van der Waals surface area contributed by atoms with Crippen LogP contribution in [0.5, 0.6) is 0 Å². The van der Waals surface area contributed by atoms with E-state index in [4.69, 9.17) is 0 Å². The van der Waals surface area contributed by atoms with Crippen LogP contribution < -0.4 is 10.6 Å². The number of fused-ring (bicyclic) bond motifs is 2. The van der Waals surface area contributed by atoms with E-state index >= 15 is 0 Å². The van der Waals surface area contributed by atoms with Crippen molar-refractivity contribution in [3.05, 3.63) is 29.6 Å². The number of nitrogens with zero attached hydrogens (tertiary/aromatic N) is 1. The lowest BCUT2D eigenvalue weighted by Crippen LogP contribution is -2.46. The maximum Gasteiger partial charge on any atom is 0.123 e. The first-order valence-corrected chi connectivity index (χ1v) is 9.63. The van der Waals surface area contributed by atoms with E-state index in [0.717, 1.165) is 50.0 Å². The van der Waals surface area contributed by atoms with E-state index in [1.54, 1.807) is 12.1 Å². The van der Waals surface area contributed by atoms with Crippen LogP contribution in [-0.4, -0.2) is 44.2 Å². The first-order valence-electron chi connectivity index (χ1n) is 9.63. The fourth-order valence-corrected chi connectivity index (χ4v) is 5.05. The summed E-state index contributed by atoms with van der Waals surface area (Å²) in [5.74, 6) is 1.57. The van der Waals surface area contributed by atoms with Gasteiger partial charge in [0, 0.05) is 24.2 Å². The molecule has 0 amide bonds. The van der Waals surface area contributed by atoms with E-state index in [2.05, 4.69) is 22.5 Å². The summed E-state index contributed by atoms with van der Waals surface area (Å²) in [6.45, 7) is 9.30. The van der Waals surface area contributed by atoms with Crippen LogP contribution in [0.2, 0.25) is 0 Å². The zero-order chi connectivity index (χ0) is 16.6. The largest absolute Gasteiger partial charge is 0.384 e. The fraction of sp³-hybridized carbons (Fsp3) is 0.700. The maximum absolute atomic E-state index is 13.7. The Balaban J connectivity index is 1.37. The molecule has 2 saturated heterocycles. The third-order valence-electron chi connectivity index (χ3n) is 6.72. The van der Waals surface area contributed by atoms with Crippen molar-refractivity contribution in [3.8, 4) is 0 Å². The molecule has 3 nitrogen and oxygen atoms in total. The van der Waals surface area contributed by atoms with Crippen LogP contribution in [0.3, 0.4) is 0 Å². The molecule has 2 N–H and O–H groups in total. The van der Waals surface area contributed by atoms with Gasteiger partial charge in [-0.05, 0) is 87.5 Å². The summed E-state index contributed by atoms with van der Waals surface area (Å²) in [6, 6.07) is 5.24. The molecule has 1 aromatic carbocycles. The Hall–Kier alpha value is -1.13. The van der Waals surface area contributed by atoms with Crippen LogP contribution in [0.4, 0.5) is 10.1 Å². The molecule has 24 heavy (non-hydrogen) atoms. The fourth-order valence-electron chi connectivity index (χ4n) is 5.05. The van der Waals surface area contributed by atoms with Gasteiger partial charge in [-0.1, -0.05) is 6.92 Å². The van der Waals surface area contributed by atoms with Gasteiger partial charge < -0.3 is 15.5 Å². The molecule has 1 spiro atoms. The predicted molar refractivity (Wildman–Crippen MR) is 97.0 cm³/mol. The molecule has 3 heterocycles. The Kier molecular flexibility index (Phi) is 4.52. The average molecular weight is 331 g/mol. The summed E-state index contributed by atoms with van der Waals surface area (Å²) in [5.41, 5.74) is 2.52. The number of benzene rings is 1. The van der Waals surface area contributed by atoms with Gasteiger partial charge in [0.1, 0.15) is 5.82 Å². The molecular formula is C20H30FN3. The minimum absolute atomic E-state index is 0.0983. The van der Waals surface area contributed by atoms with E-state index in [1.807, 2.05) is 6.07 Å². The molecule has 0 saturated carbocycles. The predicted octanol–water partition coefficient (Wildman–Crippen LogP) is 3.22. The zero-order valence-electron chi connectivity index (χ0n) is 14.8. The monoisotopic (exact) mass is 331 g/mol. The third kappa shape index (κ3) is 3.06. The van der Waals surface area contributed by atoms with Gasteiger partial charge >= 0.3 is 0 Å². The molecule has 1 aromatic rings. The summed E-state index contributed by atoms with van der Waals surface area (Å²) in [7, 11) is 0. The van der Waals surface area contributed by atoms with Crippen molar-refractivity contribution in [2.24, 2.45) is 11.8 Å². The quantitative estimate of drug-likeness (QED) is 0.890. The Bertz CT molecular complexity index is 574. The molecule has 0 aromatic heterocycles.